The average Bonchev–Trinajstić information content (AvgIpc) is 2.77. The van der Waals surface area contributed by atoms with Crippen molar-refractivity contribution in [3.8, 4) is 5.75 Å². The van der Waals surface area contributed by atoms with Gasteiger partial charge in [-0.25, -0.2) is 9.59 Å². The number of nitrogens with one attached hydrogen (secondary N) is 1. The summed E-state index contributed by atoms with van der Waals surface area (Å²) in [7, 11) is 0. The van der Waals surface area contributed by atoms with Crippen molar-refractivity contribution in [3.05, 3.63) is 65.7 Å². The number of carbonyl (C=O) groups is 2. The number of benzene rings is 2. The highest BCUT2D eigenvalue weighted by Gasteiger charge is 2.47. The van der Waals surface area contributed by atoms with Crippen molar-refractivity contribution in [1.82, 2.24) is 10.2 Å². The third-order valence-corrected chi connectivity index (χ3v) is 5.72. The highest BCUT2D eigenvalue weighted by molar-refractivity contribution is 5.71. The number of carbonyl (C=O) groups excluding carboxylic acids is 1. The molecule has 0 fully saturated rings. The third-order valence-electron chi connectivity index (χ3n) is 5.72. The Bertz CT molecular complexity index is 1010. The number of rotatable bonds is 10. The van der Waals surface area contributed by atoms with Gasteiger partial charge in [0.05, 0.1) is 12.2 Å². The second-order valence-electron chi connectivity index (χ2n) is 9.81. The van der Waals surface area contributed by atoms with Gasteiger partial charge in [0.1, 0.15) is 23.2 Å². The fraction of sp³-hybridized carbons (Fsp3) is 0.462. The first-order valence-corrected chi connectivity index (χ1v) is 11.7. The van der Waals surface area contributed by atoms with E-state index in [1.54, 1.807) is 69.3 Å². The summed E-state index contributed by atoms with van der Waals surface area (Å²) in [5.41, 5.74) is 4.90. The fourth-order valence-electron chi connectivity index (χ4n) is 3.86. The number of phenolic OH excluding ortho intramolecular Hbond substituents is 1. The summed E-state index contributed by atoms with van der Waals surface area (Å²) in [6.07, 6.45) is -6.91. The van der Waals surface area contributed by atoms with E-state index in [1.165, 1.54) is 13.0 Å². The molecule has 198 valence electrons. The molecule has 2 rings (SSSR count). The largest absolute Gasteiger partial charge is 0.508 e. The van der Waals surface area contributed by atoms with Crippen LogP contribution in [-0.4, -0.2) is 67.2 Å². The van der Waals surface area contributed by atoms with E-state index < -0.39 is 41.8 Å². The van der Waals surface area contributed by atoms with E-state index in [9.17, 15) is 30.0 Å². The SMILES string of the molecule is CC(O)C(N)(Cc1ccccc1)N(C(=O)O)C(NC(=O)OC(C)(C)C)C(O)CCc1ccccc1O. The predicted octanol–water partition coefficient (Wildman–Crippen LogP) is 2.80. The van der Waals surface area contributed by atoms with Crippen molar-refractivity contribution in [2.75, 3.05) is 0 Å². The van der Waals surface area contributed by atoms with Crippen LogP contribution in [0.2, 0.25) is 0 Å². The third kappa shape index (κ3) is 7.84. The van der Waals surface area contributed by atoms with Crippen LogP contribution in [0.3, 0.4) is 0 Å². The first kappa shape index (κ1) is 28.9. The monoisotopic (exact) mass is 503 g/mol. The van der Waals surface area contributed by atoms with Gasteiger partial charge in [0.2, 0.25) is 0 Å². The van der Waals surface area contributed by atoms with Crippen LogP contribution < -0.4 is 11.1 Å². The molecule has 36 heavy (non-hydrogen) atoms. The van der Waals surface area contributed by atoms with Crippen molar-refractivity contribution in [3.63, 3.8) is 0 Å². The van der Waals surface area contributed by atoms with Crippen LogP contribution in [0.1, 0.15) is 45.2 Å². The van der Waals surface area contributed by atoms with Crippen LogP contribution in [0.15, 0.2) is 54.6 Å². The smallest absolute Gasteiger partial charge is 0.410 e. The molecule has 0 heterocycles. The van der Waals surface area contributed by atoms with Gasteiger partial charge in [-0.2, -0.15) is 0 Å². The number of phenols is 1. The van der Waals surface area contributed by atoms with Gasteiger partial charge < -0.3 is 30.9 Å². The van der Waals surface area contributed by atoms with Crippen molar-refractivity contribution < 1.29 is 34.8 Å². The maximum atomic E-state index is 12.7. The molecule has 2 aromatic rings. The normalized spacial score (nSPS) is 15.8. The molecule has 0 bridgehead atoms. The summed E-state index contributed by atoms with van der Waals surface area (Å²) in [5.74, 6) is 0.0256. The van der Waals surface area contributed by atoms with E-state index in [2.05, 4.69) is 5.32 Å². The minimum Gasteiger partial charge on any atom is -0.508 e. The van der Waals surface area contributed by atoms with E-state index in [0.29, 0.717) is 16.0 Å². The molecule has 7 N–H and O–H groups in total. The molecule has 10 heteroatoms. The summed E-state index contributed by atoms with van der Waals surface area (Å²) in [6.45, 7) is 6.27. The summed E-state index contributed by atoms with van der Waals surface area (Å²) < 4.78 is 5.30. The molecule has 4 atom stereocenters. The van der Waals surface area contributed by atoms with Crippen molar-refractivity contribution >= 4 is 12.2 Å². The standard InChI is InChI=1S/C26H37N3O7/c1-17(30)26(27,16-18-10-6-5-7-11-18)29(24(34)35)22(28-23(33)36-25(2,3)4)21(32)15-14-19-12-8-9-13-20(19)31/h5-13,17,21-22,30-32H,14-16,27H2,1-4H3,(H,28,33)(H,34,35). The number of hydrogen-bond donors (Lipinski definition) is 6. The lowest BCUT2D eigenvalue weighted by Crippen LogP contribution is -2.73. The number of alkyl carbamates (subject to hydrolysis) is 1. The van der Waals surface area contributed by atoms with Gasteiger partial charge in [-0.1, -0.05) is 48.5 Å². The molecule has 0 aliphatic rings. The molecule has 2 aromatic carbocycles. The van der Waals surface area contributed by atoms with Gasteiger partial charge in [0, 0.05) is 6.42 Å². The number of aliphatic hydroxyl groups is 2. The summed E-state index contributed by atoms with van der Waals surface area (Å²) in [4.78, 5) is 25.9. The Morgan fingerprint density at radius 3 is 2.17 bits per heavy atom. The Balaban J connectivity index is 2.45. The van der Waals surface area contributed by atoms with E-state index in [-0.39, 0.29) is 25.0 Å². The lowest BCUT2D eigenvalue weighted by molar-refractivity contribution is -0.0714. The lowest BCUT2D eigenvalue weighted by atomic mass is 9.92. The average molecular weight is 504 g/mol. The van der Waals surface area contributed by atoms with Crippen LogP contribution >= 0.6 is 0 Å². The zero-order chi connectivity index (χ0) is 27.1. The quantitative estimate of drug-likeness (QED) is 0.269. The zero-order valence-electron chi connectivity index (χ0n) is 21.1. The van der Waals surface area contributed by atoms with Crippen molar-refractivity contribution in [1.29, 1.82) is 0 Å². The topological polar surface area (TPSA) is 166 Å². The minimum atomic E-state index is -1.93. The van der Waals surface area contributed by atoms with E-state index in [1.807, 2.05) is 0 Å². The summed E-state index contributed by atoms with van der Waals surface area (Å²) in [6, 6.07) is 15.3. The molecule has 0 aromatic heterocycles. The number of amides is 2. The number of hydrogen-bond acceptors (Lipinski definition) is 7. The first-order chi connectivity index (χ1) is 16.7. The number of nitrogens with two attached hydrogens (primary N) is 1. The van der Waals surface area contributed by atoms with Gasteiger partial charge in [-0.05, 0) is 57.7 Å². The second-order valence-corrected chi connectivity index (χ2v) is 9.81. The fourth-order valence-corrected chi connectivity index (χ4v) is 3.86. The molecule has 2 amide bonds. The van der Waals surface area contributed by atoms with E-state index in [4.69, 9.17) is 10.5 Å². The van der Waals surface area contributed by atoms with Crippen LogP contribution in [0.4, 0.5) is 9.59 Å². The second kappa shape index (κ2) is 12.1. The van der Waals surface area contributed by atoms with Crippen molar-refractivity contribution in [2.24, 2.45) is 5.73 Å². The number of aryl methyl sites for hydroxylation is 1. The number of aliphatic hydroxyl groups excluding tert-OH is 2. The highest BCUT2D eigenvalue weighted by atomic mass is 16.6. The maximum absolute atomic E-state index is 12.7. The molecule has 0 saturated carbocycles. The van der Waals surface area contributed by atoms with Crippen LogP contribution in [0, 0.1) is 0 Å². The molecule has 0 saturated heterocycles. The lowest BCUT2D eigenvalue weighted by Gasteiger charge is -2.46. The van der Waals surface area contributed by atoms with Gasteiger partial charge in [-0.3, -0.25) is 10.2 Å². The molecular formula is C26H37N3O7. The number of carboxylic acid groups (broad SMARTS) is 1. The molecule has 0 aliphatic carbocycles. The minimum absolute atomic E-state index is 0.0256. The van der Waals surface area contributed by atoms with E-state index in [0.717, 1.165) is 0 Å². The Kier molecular flexibility index (Phi) is 9.69. The van der Waals surface area contributed by atoms with Gasteiger partial charge in [-0.15, -0.1) is 0 Å². The molecule has 0 radical (unpaired) electrons. The summed E-state index contributed by atoms with van der Waals surface area (Å²) in [5, 5.41) is 44.5. The Morgan fingerprint density at radius 2 is 1.64 bits per heavy atom. The molecule has 0 spiro atoms. The van der Waals surface area contributed by atoms with Crippen LogP contribution in [0.5, 0.6) is 5.75 Å². The highest BCUT2D eigenvalue weighted by Crippen LogP contribution is 2.26. The van der Waals surface area contributed by atoms with Crippen LogP contribution in [-0.2, 0) is 17.6 Å². The Labute approximate surface area is 211 Å². The number of aromatic hydroxyl groups is 1. The van der Waals surface area contributed by atoms with Gasteiger partial charge in [0.15, 0.2) is 0 Å². The first-order valence-electron chi connectivity index (χ1n) is 11.7. The Morgan fingerprint density at radius 1 is 1.06 bits per heavy atom. The number of nitrogens with zero attached hydrogens (tertiary/aromatic N) is 1. The number of ether oxygens (including phenoxy) is 1. The van der Waals surface area contributed by atoms with Crippen molar-refractivity contribution in [2.45, 2.75) is 76.6 Å². The number of para-hydroxylation sites is 1. The van der Waals surface area contributed by atoms with Gasteiger partial charge >= 0.3 is 12.2 Å². The molecule has 4 unspecified atom stereocenters. The van der Waals surface area contributed by atoms with Gasteiger partial charge in [0.25, 0.3) is 0 Å². The Hall–Kier alpha value is -3.34. The van der Waals surface area contributed by atoms with Crippen LogP contribution in [0.25, 0.3) is 0 Å². The molecule has 0 aliphatic heterocycles. The molecule has 10 nitrogen and oxygen atoms in total. The zero-order valence-corrected chi connectivity index (χ0v) is 21.1. The summed E-state index contributed by atoms with van der Waals surface area (Å²) >= 11 is 0. The maximum Gasteiger partial charge on any atom is 0.410 e. The predicted molar refractivity (Wildman–Crippen MR) is 134 cm³/mol. The molecular weight excluding hydrogens is 466 g/mol. The van der Waals surface area contributed by atoms with E-state index >= 15 is 0 Å².